The highest BCUT2D eigenvalue weighted by Gasteiger charge is 2.24. The smallest absolute Gasteiger partial charge is 0.343 e. The van der Waals surface area contributed by atoms with Crippen LogP contribution in [0, 0.1) is 24.4 Å². The summed E-state index contributed by atoms with van der Waals surface area (Å²) < 4.78 is 44.0. The second kappa shape index (κ2) is 11.8. The van der Waals surface area contributed by atoms with Gasteiger partial charge in [-0.2, -0.15) is 0 Å². The number of fused-ring (bicyclic) bond motifs is 1. The Labute approximate surface area is 236 Å². The Morgan fingerprint density at radius 3 is 2.44 bits per heavy atom. The van der Waals surface area contributed by atoms with Crippen LogP contribution in [0.1, 0.15) is 32.3 Å². The van der Waals surface area contributed by atoms with E-state index >= 15 is 4.39 Å². The van der Waals surface area contributed by atoms with E-state index in [4.69, 9.17) is 10.6 Å². The van der Waals surface area contributed by atoms with E-state index in [0.717, 1.165) is 41.1 Å². The zero-order chi connectivity index (χ0) is 29.3. The van der Waals surface area contributed by atoms with Gasteiger partial charge in [-0.3, -0.25) is 9.82 Å². The highest BCUT2D eigenvalue weighted by Crippen LogP contribution is 2.41. The van der Waals surface area contributed by atoms with Crippen molar-refractivity contribution in [3.05, 3.63) is 77.7 Å². The van der Waals surface area contributed by atoms with Gasteiger partial charge >= 0.3 is 6.03 Å². The number of aromatic nitrogens is 1. The van der Waals surface area contributed by atoms with Gasteiger partial charge in [-0.25, -0.2) is 23.4 Å². The Morgan fingerprint density at radius 1 is 1.00 bits per heavy atom. The van der Waals surface area contributed by atoms with Gasteiger partial charge in [-0.15, -0.1) is 0 Å². The molecule has 41 heavy (non-hydrogen) atoms. The van der Waals surface area contributed by atoms with Gasteiger partial charge in [0.1, 0.15) is 17.5 Å². The van der Waals surface area contributed by atoms with Gasteiger partial charge in [0.2, 0.25) is 0 Å². The lowest BCUT2D eigenvalue weighted by atomic mass is 9.95. The van der Waals surface area contributed by atoms with E-state index in [9.17, 15) is 13.6 Å². The molecule has 1 fully saturated rings. The fraction of sp³-hybridized carbons (Fsp3) is 0.290. The van der Waals surface area contributed by atoms with Crippen molar-refractivity contribution in [3.8, 4) is 22.3 Å². The van der Waals surface area contributed by atoms with Crippen LogP contribution in [0.2, 0.25) is 0 Å². The van der Waals surface area contributed by atoms with Gasteiger partial charge < -0.3 is 16.0 Å². The van der Waals surface area contributed by atoms with Crippen LogP contribution in [0.5, 0.6) is 0 Å². The molecule has 0 spiro atoms. The first-order chi connectivity index (χ1) is 19.6. The first kappa shape index (κ1) is 28.4. The van der Waals surface area contributed by atoms with Crippen LogP contribution >= 0.6 is 0 Å². The second-order valence-corrected chi connectivity index (χ2v) is 10.6. The molecule has 0 radical (unpaired) electrons. The maximum absolute atomic E-state index is 15.0. The predicted octanol–water partition coefficient (Wildman–Crippen LogP) is 6.68. The van der Waals surface area contributed by atoms with E-state index in [1.165, 1.54) is 12.1 Å². The molecular formula is C31H32F3N5O2. The molecule has 0 bridgehead atoms. The molecule has 214 valence electrons. The number of nitrogens with zero attached hydrogens (tertiary/aromatic N) is 2. The van der Waals surface area contributed by atoms with Crippen molar-refractivity contribution in [2.75, 3.05) is 23.3 Å². The second-order valence-electron chi connectivity index (χ2n) is 10.6. The minimum absolute atomic E-state index is 0.0875. The van der Waals surface area contributed by atoms with Crippen molar-refractivity contribution in [3.63, 3.8) is 0 Å². The van der Waals surface area contributed by atoms with Crippen LogP contribution < -0.4 is 21.4 Å². The van der Waals surface area contributed by atoms with Gasteiger partial charge in [0.15, 0.2) is 0 Å². The number of carbonyl (C=O) groups is 1. The molecule has 0 saturated carbocycles. The minimum Gasteiger partial charge on any atom is -0.370 e. The topological polar surface area (TPSA) is 92.5 Å². The molecular weight excluding hydrogens is 531 g/mol. The Morgan fingerprint density at radius 2 is 1.73 bits per heavy atom. The number of rotatable bonds is 6. The third-order valence-electron chi connectivity index (χ3n) is 7.04. The van der Waals surface area contributed by atoms with Crippen LogP contribution in [0.15, 0.2) is 54.7 Å². The molecule has 1 aromatic heterocycles. The third-order valence-corrected chi connectivity index (χ3v) is 7.04. The molecule has 0 aliphatic carbocycles. The number of benzene rings is 3. The molecule has 1 aliphatic heterocycles. The molecule has 4 aromatic rings. The molecule has 1 aliphatic rings. The molecule has 0 unspecified atom stereocenters. The van der Waals surface area contributed by atoms with Crippen molar-refractivity contribution in [2.24, 2.45) is 5.73 Å². The van der Waals surface area contributed by atoms with E-state index in [2.05, 4.69) is 20.7 Å². The summed E-state index contributed by atoms with van der Waals surface area (Å²) in [5, 5.41) is 3.16. The molecule has 2 heterocycles. The van der Waals surface area contributed by atoms with Crippen molar-refractivity contribution >= 4 is 28.3 Å². The Balaban J connectivity index is 1.68. The number of hydrogen-bond acceptors (Lipinski definition) is 5. The number of nitrogens with two attached hydrogens (primary N) is 1. The predicted molar refractivity (Wildman–Crippen MR) is 155 cm³/mol. The fourth-order valence-electron chi connectivity index (χ4n) is 5.15. The SMILES string of the molecule is Cc1cc(F)cc(-c2cnc3ccc(-c4cc(F)cc(F)c4NC(=O)NOC(C)C)cc3c2N2CCC(N)CC2)c1. The lowest BCUT2D eigenvalue weighted by Gasteiger charge is -2.34. The molecule has 2 amide bonds. The summed E-state index contributed by atoms with van der Waals surface area (Å²) in [6.07, 6.45) is 2.99. The van der Waals surface area contributed by atoms with E-state index in [1.54, 1.807) is 38.2 Å². The molecule has 5 rings (SSSR count). The standard InChI is InChI=1S/C31H32F3N5O2/c1-17(2)41-38-31(40)37-29-24(14-22(33)15-27(29)34)19-4-5-28-25(13-19)30(39-8-6-23(35)7-9-39)26(16-36-28)20-10-18(3)11-21(32)12-20/h4-5,10-17,23H,6-9,35H2,1-3H3,(H2,37,38,40). The summed E-state index contributed by atoms with van der Waals surface area (Å²) in [4.78, 5) is 24.4. The highest BCUT2D eigenvalue weighted by atomic mass is 19.1. The van der Waals surface area contributed by atoms with Crippen molar-refractivity contribution < 1.29 is 22.8 Å². The molecule has 3 aromatic carbocycles. The number of hydroxylamine groups is 1. The number of aryl methyl sites for hydroxylation is 1. The maximum Gasteiger partial charge on any atom is 0.343 e. The zero-order valence-electron chi connectivity index (χ0n) is 23.1. The Hall–Kier alpha value is -4.15. The average Bonchev–Trinajstić information content (AvgIpc) is 2.92. The number of nitrogens with one attached hydrogen (secondary N) is 2. The lowest BCUT2D eigenvalue weighted by molar-refractivity contribution is 0.0198. The Bertz CT molecular complexity index is 1580. The van der Waals surface area contributed by atoms with Crippen molar-refractivity contribution in [1.82, 2.24) is 10.5 Å². The van der Waals surface area contributed by atoms with Crippen LogP contribution in [0.25, 0.3) is 33.2 Å². The molecule has 7 nitrogen and oxygen atoms in total. The van der Waals surface area contributed by atoms with Crippen molar-refractivity contribution in [1.29, 1.82) is 0 Å². The van der Waals surface area contributed by atoms with E-state index in [-0.39, 0.29) is 29.2 Å². The van der Waals surface area contributed by atoms with Gasteiger partial charge in [0, 0.05) is 47.9 Å². The van der Waals surface area contributed by atoms with Crippen LogP contribution in [-0.4, -0.2) is 36.3 Å². The fourth-order valence-corrected chi connectivity index (χ4v) is 5.15. The number of urea groups is 1. The maximum atomic E-state index is 15.0. The summed E-state index contributed by atoms with van der Waals surface area (Å²) in [7, 11) is 0. The first-order valence-electron chi connectivity index (χ1n) is 13.5. The molecule has 1 saturated heterocycles. The van der Waals surface area contributed by atoms with Crippen LogP contribution in [-0.2, 0) is 4.84 Å². The number of anilines is 2. The quantitative estimate of drug-likeness (QED) is 0.228. The highest BCUT2D eigenvalue weighted by molar-refractivity contribution is 6.03. The minimum atomic E-state index is -0.938. The van der Waals surface area contributed by atoms with E-state index in [1.807, 2.05) is 13.0 Å². The number of pyridine rings is 1. The summed E-state index contributed by atoms with van der Waals surface area (Å²) in [5.41, 5.74) is 12.5. The number of amides is 2. The van der Waals surface area contributed by atoms with Gasteiger partial charge in [-0.1, -0.05) is 12.1 Å². The summed E-state index contributed by atoms with van der Waals surface area (Å²) >= 11 is 0. The molecule has 0 atom stereocenters. The number of carbonyl (C=O) groups excluding carboxylic acids is 1. The molecule has 10 heteroatoms. The molecule has 4 N–H and O–H groups in total. The van der Waals surface area contributed by atoms with Crippen molar-refractivity contribution in [2.45, 2.75) is 45.8 Å². The zero-order valence-corrected chi connectivity index (χ0v) is 23.1. The summed E-state index contributed by atoms with van der Waals surface area (Å²) in [6, 6.07) is 11.2. The summed E-state index contributed by atoms with van der Waals surface area (Å²) in [5.74, 6) is -2.09. The third kappa shape index (κ3) is 6.28. The summed E-state index contributed by atoms with van der Waals surface area (Å²) in [6.45, 7) is 6.64. The first-order valence-corrected chi connectivity index (χ1v) is 13.5. The van der Waals surface area contributed by atoms with Crippen LogP contribution in [0.3, 0.4) is 0 Å². The van der Waals surface area contributed by atoms with E-state index < -0.39 is 17.7 Å². The van der Waals surface area contributed by atoms with Gasteiger partial charge in [0.25, 0.3) is 0 Å². The van der Waals surface area contributed by atoms with Crippen LogP contribution in [0.4, 0.5) is 29.3 Å². The Kier molecular flexibility index (Phi) is 8.14. The normalized spacial score (nSPS) is 14.1. The van der Waals surface area contributed by atoms with Gasteiger partial charge in [0.05, 0.1) is 23.0 Å². The van der Waals surface area contributed by atoms with E-state index in [0.29, 0.717) is 35.8 Å². The number of piperidine rings is 1. The lowest BCUT2D eigenvalue weighted by Crippen LogP contribution is -2.40. The number of halogens is 3. The largest absolute Gasteiger partial charge is 0.370 e. The van der Waals surface area contributed by atoms with Gasteiger partial charge in [-0.05, 0) is 80.6 Å². The monoisotopic (exact) mass is 563 g/mol. The number of hydrogen-bond donors (Lipinski definition) is 3. The average molecular weight is 564 g/mol.